The van der Waals surface area contributed by atoms with Crippen LogP contribution in [-0.4, -0.2) is 5.97 Å². The summed E-state index contributed by atoms with van der Waals surface area (Å²) in [4.78, 5) is 11.1. The number of para-hydroxylation sites is 1. The molecular formula is C11H11NO2. The maximum absolute atomic E-state index is 11.1. The Hall–Kier alpha value is -1.82. The molecule has 1 aromatic rings. The molecule has 0 saturated carbocycles. The number of carbonyl (C=O) groups excluding carboxylic acids is 1. The van der Waals surface area contributed by atoms with Crippen molar-refractivity contribution < 1.29 is 9.53 Å². The maximum atomic E-state index is 11.1. The molecule has 3 heteroatoms. The van der Waals surface area contributed by atoms with E-state index in [1.165, 1.54) is 0 Å². The van der Waals surface area contributed by atoms with Gasteiger partial charge in [0.1, 0.15) is 11.8 Å². The SMILES string of the molecule is CCCC(=O)Oc1ccccc1C#N. The summed E-state index contributed by atoms with van der Waals surface area (Å²) in [5, 5.41) is 8.72. The van der Waals surface area contributed by atoms with Crippen LogP contribution >= 0.6 is 0 Å². The predicted octanol–water partition coefficient (Wildman–Crippen LogP) is 2.26. The Labute approximate surface area is 82.9 Å². The molecule has 0 atom stereocenters. The molecule has 0 bridgehead atoms. The molecular weight excluding hydrogens is 178 g/mol. The third-order valence-electron chi connectivity index (χ3n) is 1.69. The summed E-state index contributed by atoms with van der Waals surface area (Å²) >= 11 is 0. The minimum atomic E-state index is -0.296. The molecule has 1 aromatic carbocycles. The average Bonchev–Trinajstić information content (AvgIpc) is 2.19. The third-order valence-corrected chi connectivity index (χ3v) is 1.69. The Morgan fingerprint density at radius 3 is 2.86 bits per heavy atom. The Balaban J connectivity index is 2.77. The van der Waals surface area contributed by atoms with Gasteiger partial charge < -0.3 is 4.74 Å². The zero-order valence-electron chi connectivity index (χ0n) is 7.99. The van der Waals surface area contributed by atoms with Gasteiger partial charge in [-0.1, -0.05) is 19.1 Å². The molecule has 0 fully saturated rings. The third kappa shape index (κ3) is 2.60. The highest BCUT2D eigenvalue weighted by Crippen LogP contribution is 2.17. The highest BCUT2D eigenvalue weighted by Gasteiger charge is 2.06. The summed E-state index contributed by atoms with van der Waals surface area (Å²) in [6, 6.07) is 8.67. The van der Waals surface area contributed by atoms with Crippen molar-refractivity contribution in [3.05, 3.63) is 29.8 Å². The van der Waals surface area contributed by atoms with Crippen LogP contribution in [0.5, 0.6) is 5.75 Å². The van der Waals surface area contributed by atoms with Crippen LogP contribution in [0.2, 0.25) is 0 Å². The van der Waals surface area contributed by atoms with Crippen LogP contribution in [0.4, 0.5) is 0 Å². The first kappa shape index (κ1) is 10.3. The second kappa shape index (κ2) is 5.03. The van der Waals surface area contributed by atoms with E-state index in [0.29, 0.717) is 17.7 Å². The van der Waals surface area contributed by atoms with Crippen molar-refractivity contribution >= 4 is 5.97 Å². The van der Waals surface area contributed by atoms with Gasteiger partial charge in [0.25, 0.3) is 0 Å². The molecule has 0 aliphatic heterocycles. The number of nitrogens with zero attached hydrogens (tertiary/aromatic N) is 1. The van der Waals surface area contributed by atoms with Crippen LogP contribution in [0.1, 0.15) is 25.3 Å². The van der Waals surface area contributed by atoms with Crippen LogP contribution in [0, 0.1) is 11.3 Å². The Kier molecular flexibility index (Phi) is 3.69. The van der Waals surface area contributed by atoms with E-state index in [1.54, 1.807) is 24.3 Å². The quantitative estimate of drug-likeness (QED) is 0.541. The van der Waals surface area contributed by atoms with Gasteiger partial charge >= 0.3 is 5.97 Å². The second-order valence-electron chi connectivity index (χ2n) is 2.83. The number of hydrogen-bond acceptors (Lipinski definition) is 3. The fourth-order valence-corrected chi connectivity index (χ4v) is 1.03. The van der Waals surface area contributed by atoms with Crippen molar-refractivity contribution in [2.24, 2.45) is 0 Å². The Morgan fingerprint density at radius 1 is 1.50 bits per heavy atom. The lowest BCUT2D eigenvalue weighted by atomic mass is 10.2. The number of ether oxygens (including phenoxy) is 1. The molecule has 0 unspecified atom stereocenters. The fraction of sp³-hybridized carbons (Fsp3) is 0.273. The standard InChI is InChI=1S/C11H11NO2/c1-2-5-11(13)14-10-7-4-3-6-9(10)8-12/h3-4,6-7H,2,5H2,1H3. The van der Waals surface area contributed by atoms with Gasteiger partial charge in [-0.15, -0.1) is 0 Å². The molecule has 0 aliphatic carbocycles. The Bertz CT molecular complexity index is 366. The molecule has 1 rings (SSSR count). The van der Waals surface area contributed by atoms with E-state index < -0.39 is 0 Å². The van der Waals surface area contributed by atoms with Gasteiger partial charge in [-0.3, -0.25) is 4.79 Å². The van der Waals surface area contributed by atoms with Gasteiger partial charge in [-0.25, -0.2) is 0 Å². The number of benzene rings is 1. The monoisotopic (exact) mass is 189 g/mol. The van der Waals surface area contributed by atoms with Crippen LogP contribution < -0.4 is 4.74 Å². The number of hydrogen-bond donors (Lipinski definition) is 0. The molecule has 0 amide bonds. The summed E-state index contributed by atoms with van der Waals surface area (Å²) in [5.41, 5.74) is 0.386. The molecule has 0 radical (unpaired) electrons. The number of esters is 1. The fourth-order valence-electron chi connectivity index (χ4n) is 1.03. The van der Waals surface area contributed by atoms with Crippen molar-refractivity contribution in [3.8, 4) is 11.8 Å². The summed E-state index contributed by atoms with van der Waals surface area (Å²) in [7, 11) is 0. The highest BCUT2D eigenvalue weighted by atomic mass is 16.5. The molecule has 0 aliphatic rings. The van der Waals surface area contributed by atoms with Gasteiger partial charge in [0.15, 0.2) is 0 Å². The molecule has 3 nitrogen and oxygen atoms in total. The second-order valence-corrected chi connectivity index (χ2v) is 2.83. The largest absolute Gasteiger partial charge is 0.425 e. The average molecular weight is 189 g/mol. The number of carbonyl (C=O) groups is 1. The van der Waals surface area contributed by atoms with Crippen molar-refractivity contribution in [2.75, 3.05) is 0 Å². The minimum Gasteiger partial charge on any atom is -0.425 e. The van der Waals surface area contributed by atoms with E-state index >= 15 is 0 Å². The van der Waals surface area contributed by atoms with Crippen molar-refractivity contribution in [3.63, 3.8) is 0 Å². The number of nitriles is 1. The summed E-state index contributed by atoms with van der Waals surface area (Å²) in [6.07, 6.45) is 1.12. The summed E-state index contributed by atoms with van der Waals surface area (Å²) < 4.78 is 5.02. The smallest absolute Gasteiger partial charge is 0.311 e. The predicted molar refractivity (Wildman–Crippen MR) is 51.7 cm³/mol. The molecule has 0 spiro atoms. The van der Waals surface area contributed by atoms with Crippen LogP contribution in [0.3, 0.4) is 0 Å². The van der Waals surface area contributed by atoms with Crippen LogP contribution in [0.15, 0.2) is 24.3 Å². The first-order valence-electron chi connectivity index (χ1n) is 4.47. The number of rotatable bonds is 3. The van der Waals surface area contributed by atoms with Crippen molar-refractivity contribution in [1.29, 1.82) is 5.26 Å². The topological polar surface area (TPSA) is 50.1 Å². The minimum absolute atomic E-state index is 0.296. The van der Waals surface area contributed by atoms with Gasteiger partial charge in [0.2, 0.25) is 0 Å². The molecule has 0 N–H and O–H groups in total. The van der Waals surface area contributed by atoms with Gasteiger partial charge in [0.05, 0.1) is 5.56 Å². The van der Waals surface area contributed by atoms with Gasteiger partial charge in [-0.2, -0.15) is 5.26 Å². The Morgan fingerprint density at radius 2 is 2.21 bits per heavy atom. The zero-order chi connectivity index (χ0) is 10.4. The first-order chi connectivity index (χ1) is 6.77. The van der Waals surface area contributed by atoms with E-state index in [4.69, 9.17) is 10.00 Å². The molecule has 14 heavy (non-hydrogen) atoms. The normalized spacial score (nSPS) is 9.14. The van der Waals surface area contributed by atoms with Gasteiger partial charge in [0, 0.05) is 6.42 Å². The van der Waals surface area contributed by atoms with Crippen LogP contribution in [-0.2, 0) is 4.79 Å². The highest BCUT2D eigenvalue weighted by molar-refractivity contribution is 5.73. The molecule has 0 aromatic heterocycles. The lowest BCUT2D eigenvalue weighted by molar-refractivity contribution is -0.134. The van der Waals surface area contributed by atoms with Crippen molar-refractivity contribution in [1.82, 2.24) is 0 Å². The molecule has 72 valence electrons. The van der Waals surface area contributed by atoms with Crippen LogP contribution in [0.25, 0.3) is 0 Å². The van der Waals surface area contributed by atoms with E-state index in [0.717, 1.165) is 6.42 Å². The van der Waals surface area contributed by atoms with Gasteiger partial charge in [-0.05, 0) is 18.6 Å². The lowest BCUT2D eigenvalue weighted by Crippen LogP contribution is -2.07. The zero-order valence-corrected chi connectivity index (χ0v) is 7.99. The molecule has 0 saturated heterocycles. The lowest BCUT2D eigenvalue weighted by Gasteiger charge is -2.03. The summed E-state index contributed by atoms with van der Waals surface area (Å²) in [5.74, 6) is 0.0450. The van der Waals surface area contributed by atoms with E-state index in [2.05, 4.69) is 0 Å². The summed E-state index contributed by atoms with van der Waals surface area (Å²) in [6.45, 7) is 1.90. The van der Waals surface area contributed by atoms with E-state index in [1.807, 2.05) is 13.0 Å². The van der Waals surface area contributed by atoms with E-state index in [-0.39, 0.29) is 5.97 Å². The van der Waals surface area contributed by atoms with Crippen molar-refractivity contribution in [2.45, 2.75) is 19.8 Å². The molecule has 0 heterocycles. The maximum Gasteiger partial charge on any atom is 0.311 e. The van der Waals surface area contributed by atoms with E-state index in [9.17, 15) is 4.79 Å². The first-order valence-corrected chi connectivity index (χ1v) is 4.47.